The molecule has 0 aliphatic carbocycles. The van der Waals surface area contributed by atoms with Crippen molar-refractivity contribution in [1.29, 1.82) is 5.26 Å². The zero-order valence-corrected chi connectivity index (χ0v) is 9.77. The van der Waals surface area contributed by atoms with E-state index in [4.69, 9.17) is 10.4 Å². The van der Waals surface area contributed by atoms with Crippen molar-refractivity contribution in [2.24, 2.45) is 5.92 Å². The van der Waals surface area contributed by atoms with Crippen LogP contribution in [0.1, 0.15) is 19.8 Å². The predicted molar refractivity (Wildman–Crippen MR) is 55.9 cm³/mol. The molecule has 7 heteroatoms. The predicted octanol–water partition coefficient (Wildman–Crippen LogP) is 0.0249. The first-order valence-corrected chi connectivity index (χ1v) is 6.60. The van der Waals surface area contributed by atoms with Gasteiger partial charge in [-0.15, -0.1) is 0 Å². The molecule has 1 saturated heterocycles. The molecular formula is C9H14N2O4S. The SMILES string of the molecule is CC1CCCN(S(=O)(=O)CC#N)C1C(=O)O. The standard InChI is InChI=1S/C9H14N2O4S/c1-7-3-2-5-11(8(7)9(12)13)16(14,15)6-4-10/h7-8H,2-3,5-6H2,1H3,(H,12,13). The van der Waals surface area contributed by atoms with Crippen molar-refractivity contribution in [2.45, 2.75) is 25.8 Å². The molecule has 1 heterocycles. The maximum atomic E-state index is 11.7. The molecule has 0 aromatic heterocycles. The van der Waals surface area contributed by atoms with Gasteiger partial charge in [0.1, 0.15) is 6.04 Å². The van der Waals surface area contributed by atoms with Gasteiger partial charge in [0.25, 0.3) is 0 Å². The molecule has 0 radical (unpaired) electrons. The fourth-order valence-corrected chi connectivity index (χ4v) is 3.37. The van der Waals surface area contributed by atoms with Gasteiger partial charge in [-0.05, 0) is 18.8 Å². The lowest BCUT2D eigenvalue weighted by molar-refractivity contribution is -0.144. The molecule has 1 aliphatic rings. The summed E-state index contributed by atoms with van der Waals surface area (Å²) < 4.78 is 24.3. The van der Waals surface area contributed by atoms with Crippen LogP contribution in [0.2, 0.25) is 0 Å². The van der Waals surface area contributed by atoms with Gasteiger partial charge in [-0.2, -0.15) is 9.57 Å². The van der Waals surface area contributed by atoms with Gasteiger partial charge in [0.2, 0.25) is 10.0 Å². The number of hydrogen-bond acceptors (Lipinski definition) is 4. The van der Waals surface area contributed by atoms with Gasteiger partial charge in [0.15, 0.2) is 5.75 Å². The van der Waals surface area contributed by atoms with Gasteiger partial charge in [-0.1, -0.05) is 6.92 Å². The number of carboxylic acid groups (broad SMARTS) is 1. The third-order valence-electron chi connectivity index (χ3n) is 2.74. The molecule has 90 valence electrons. The molecule has 2 atom stereocenters. The zero-order valence-electron chi connectivity index (χ0n) is 8.96. The Hall–Kier alpha value is -1.13. The summed E-state index contributed by atoms with van der Waals surface area (Å²) in [7, 11) is -3.77. The van der Waals surface area contributed by atoms with E-state index in [1.165, 1.54) is 0 Å². The van der Waals surface area contributed by atoms with E-state index in [1.807, 2.05) is 0 Å². The van der Waals surface area contributed by atoms with E-state index in [0.29, 0.717) is 12.8 Å². The minimum absolute atomic E-state index is 0.186. The second kappa shape index (κ2) is 4.80. The minimum Gasteiger partial charge on any atom is -0.480 e. The molecular weight excluding hydrogens is 232 g/mol. The topological polar surface area (TPSA) is 98.5 Å². The third kappa shape index (κ3) is 2.51. The molecule has 0 aromatic carbocycles. The summed E-state index contributed by atoms with van der Waals surface area (Å²) in [6, 6.07) is 0.522. The van der Waals surface area contributed by atoms with Gasteiger partial charge >= 0.3 is 5.97 Å². The van der Waals surface area contributed by atoms with E-state index in [-0.39, 0.29) is 12.5 Å². The van der Waals surface area contributed by atoms with Crippen LogP contribution in [0.3, 0.4) is 0 Å². The lowest BCUT2D eigenvalue weighted by Crippen LogP contribution is -2.52. The van der Waals surface area contributed by atoms with Crippen molar-refractivity contribution in [1.82, 2.24) is 4.31 Å². The number of nitrogens with zero attached hydrogens (tertiary/aromatic N) is 2. The van der Waals surface area contributed by atoms with Crippen molar-refractivity contribution >= 4 is 16.0 Å². The zero-order chi connectivity index (χ0) is 12.3. The van der Waals surface area contributed by atoms with E-state index in [2.05, 4.69) is 0 Å². The minimum atomic E-state index is -3.77. The Kier molecular flexibility index (Phi) is 3.88. The quantitative estimate of drug-likeness (QED) is 0.757. The molecule has 0 saturated carbocycles. The van der Waals surface area contributed by atoms with E-state index < -0.39 is 27.8 Å². The van der Waals surface area contributed by atoms with Gasteiger partial charge < -0.3 is 5.11 Å². The normalized spacial score (nSPS) is 27.2. The molecule has 6 nitrogen and oxygen atoms in total. The average Bonchev–Trinajstić information content (AvgIpc) is 2.16. The smallest absolute Gasteiger partial charge is 0.322 e. The molecule has 0 spiro atoms. The summed E-state index contributed by atoms with van der Waals surface area (Å²) >= 11 is 0. The van der Waals surface area contributed by atoms with Crippen LogP contribution in [0.5, 0.6) is 0 Å². The first-order chi connectivity index (χ1) is 7.40. The van der Waals surface area contributed by atoms with E-state index in [9.17, 15) is 13.2 Å². The Morgan fingerprint density at radius 1 is 1.62 bits per heavy atom. The Morgan fingerprint density at radius 2 is 2.25 bits per heavy atom. The fraction of sp³-hybridized carbons (Fsp3) is 0.778. The molecule has 0 amide bonds. The first-order valence-electron chi connectivity index (χ1n) is 4.99. The van der Waals surface area contributed by atoms with Gasteiger partial charge in [0, 0.05) is 6.54 Å². The molecule has 0 aromatic rings. The van der Waals surface area contributed by atoms with Crippen molar-refractivity contribution in [3.05, 3.63) is 0 Å². The Morgan fingerprint density at radius 3 is 2.75 bits per heavy atom. The summed E-state index contributed by atoms with van der Waals surface area (Å²) in [4.78, 5) is 11.0. The second-order valence-electron chi connectivity index (χ2n) is 3.93. The number of hydrogen-bond donors (Lipinski definition) is 1. The number of carboxylic acids is 1. The summed E-state index contributed by atoms with van der Waals surface area (Å²) in [5, 5.41) is 17.4. The van der Waals surface area contributed by atoms with Crippen LogP contribution in [0.15, 0.2) is 0 Å². The Balaban J connectivity index is 3.01. The first kappa shape index (κ1) is 12.9. The lowest BCUT2D eigenvalue weighted by Gasteiger charge is -2.35. The number of nitriles is 1. The monoisotopic (exact) mass is 246 g/mol. The van der Waals surface area contributed by atoms with Crippen LogP contribution in [-0.2, 0) is 14.8 Å². The Labute approximate surface area is 94.5 Å². The molecule has 2 unspecified atom stereocenters. The van der Waals surface area contributed by atoms with Gasteiger partial charge in [-0.3, -0.25) is 4.79 Å². The molecule has 1 aliphatic heterocycles. The lowest BCUT2D eigenvalue weighted by atomic mass is 9.93. The molecule has 1 N–H and O–H groups in total. The van der Waals surface area contributed by atoms with E-state index in [0.717, 1.165) is 4.31 Å². The van der Waals surface area contributed by atoms with E-state index >= 15 is 0 Å². The van der Waals surface area contributed by atoms with Crippen molar-refractivity contribution in [2.75, 3.05) is 12.3 Å². The average molecular weight is 246 g/mol. The van der Waals surface area contributed by atoms with Crippen LogP contribution in [0, 0.1) is 17.2 Å². The number of piperidine rings is 1. The molecule has 0 bridgehead atoms. The highest BCUT2D eigenvalue weighted by atomic mass is 32.2. The number of carbonyl (C=O) groups is 1. The summed E-state index contributed by atoms with van der Waals surface area (Å²) in [5.74, 6) is -2.03. The number of aliphatic carboxylic acids is 1. The number of rotatable bonds is 3. The van der Waals surface area contributed by atoms with Crippen LogP contribution in [0.4, 0.5) is 0 Å². The van der Waals surface area contributed by atoms with Crippen molar-refractivity contribution in [3.63, 3.8) is 0 Å². The molecule has 16 heavy (non-hydrogen) atoms. The highest BCUT2D eigenvalue weighted by Crippen LogP contribution is 2.26. The maximum absolute atomic E-state index is 11.7. The van der Waals surface area contributed by atoms with Crippen LogP contribution in [0.25, 0.3) is 0 Å². The van der Waals surface area contributed by atoms with Crippen molar-refractivity contribution < 1.29 is 18.3 Å². The Bertz CT molecular complexity index is 412. The number of sulfonamides is 1. The maximum Gasteiger partial charge on any atom is 0.322 e. The van der Waals surface area contributed by atoms with Gasteiger partial charge in [0.05, 0.1) is 6.07 Å². The van der Waals surface area contributed by atoms with Gasteiger partial charge in [-0.25, -0.2) is 8.42 Å². The van der Waals surface area contributed by atoms with Crippen molar-refractivity contribution in [3.8, 4) is 6.07 Å². The largest absolute Gasteiger partial charge is 0.480 e. The van der Waals surface area contributed by atoms with Crippen LogP contribution >= 0.6 is 0 Å². The highest BCUT2D eigenvalue weighted by Gasteiger charge is 2.40. The van der Waals surface area contributed by atoms with Crippen LogP contribution in [-0.4, -0.2) is 42.1 Å². The summed E-state index contributed by atoms with van der Waals surface area (Å²) in [6.07, 6.45) is 1.32. The molecule has 1 fully saturated rings. The third-order valence-corrected chi connectivity index (χ3v) is 4.36. The van der Waals surface area contributed by atoms with Crippen LogP contribution < -0.4 is 0 Å². The summed E-state index contributed by atoms with van der Waals surface area (Å²) in [6.45, 7) is 1.90. The highest BCUT2D eigenvalue weighted by molar-refractivity contribution is 7.89. The molecule has 1 rings (SSSR count). The second-order valence-corrected chi connectivity index (χ2v) is 5.85. The summed E-state index contributed by atoms with van der Waals surface area (Å²) in [5.41, 5.74) is 0. The fourth-order valence-electron chi connectivity index (χ4n) is 1.99. The van der Waals surface area contributed by atoms with E-state index in [1.54, 1.807) is 13.0 Å².